The number of rotatable bonds is 4. The van der Waals surface area contributed by atoms with Crippen LogP contribution >= 0.6 is 15.9 Å². The molecular weight excluding hydrogens is 331 g/mol. The van der Waals surface area contributed by atoms with Gasteiger partial charge in [-0.05, 0) is 23.2 Å². The lowest BCUT2D eigenvalue weighted by Crippen LogP contribution is -2.21. The highest BCUT2D eigenvalue weighted by Crippen LogP contribution is 2.36. The maximum Gasteiger partial charge on any atom is 0.417 e. The summed E-state index contributed by atoms with van der Waals surface area (Å²) in [5, 5.41) is 22.2. The van der Waals surface area contributed by atoms with E-state index in [0.717, 1.165) is 12.1 Å². The summed E-state index contributed by atoms with van der Waals surface area (Å²) in [7, 11) is 0. The molecule has 2 N–H and O–H groups in total. The van der Waals surface area contributed by atoms with Crippen molar-refractivity contribution in [2.24, 2.45) is 5.11 Å². The summed E-state index contributed by atoms with van der Waals surface area (Å²) in [6.45, 7) is -0.435. The Bertz CT molecular complexity index is 503. The minimum absolute atomic E-state index is 0.115. The van der Waals surface area contributed by atoms with Crippen LogP contribution in [0.5, 0.6) is 0 Å². The third-order valence-electron chi connectivity index (χ3n) is 2.33. The van der Waals surface area contributed by atoms with E-state index >= 15 is 0 Å². The summed E-state index contributed by atoms with van der Waals surface area (Å²) in [5.74, 6) is 0. The summed E-state index contributed by atoms with van der Waals surface area (Å²) in [5.41, 5.74) is 6.99. The van der Waals surface area contributed by atoms with E-state index in [9.17, 15) is 23.4 Å². The van der Waals surface area contributed by atoms with E-state index in [1.54, 1.807) is 0 Å². The third-order valence-corrected chi connectivity index (χ3v) is 3.03. The van der Waals surface area contributed by atoms with Crippen LogP contribution in [0.25, 0.3) is 10.4 Å². The van der Waals surface area contributed by atoms with Gasteiger partial charge in [-0.1, -0.05) is 27.1 Å². The molecule has 0 spiro atoms. The van der Waals surface area contributed by atoms with Crippen molar-refractivity contribution < 1.29 is 23.4 Å². The molecule has 0 saturated carbocycles. The lowest BCUT2D eigenvalue weighted by atomic mass is 10.0. The third kappa shape index (κ3) is 4.10. The Balaban J connectivity index is 3.05. The molecule has 19 heavy (non-hydrogen) atoms. The normalized spacial score (nSPS) is 14.6. The number of hydrogen-bond donors (Lipinski definition) is 2. The zero-order chi connectivity index (χ0) is 14.6. The first-order valence-corrected chi connectivity index (χ1v) is 5.80. The van der Waals surface area contributed by atoms with Crippen molar-refractivity contribution in [3.63, 3.8) is 0 Å². The maximum atomic E-state index is 12.7. The fraction of sp³-hybridized carbons (Fsp3) is 0.400. The fourth-order valence-corrected chi connectivity index (χ4v) is 1.86. The first-order valence-electron chi connectivity index (χ1n) is 5.01. The van der Waals surface area contributed by atoms with Crippen LogP contribution in [0.2, 0.25) is 0 Å². The average molecular weight is 340 g/mol. The number of aliphatic hydroxyl groups is 2. The highest BCUT2D eigenvalue weighted by Gasteiger charge is 2.34. The minimum Gasteiger partial charge on any atom is -0.390 e. The summed E-state index contributed by atoms with van der Waals surface area (Å²) < 4.78 is 37.8. The fourth-order valence-electron chi connectivity index (χ4n) is 1.39. The van der Waals surface area contributed by atoms with Crippen LogP contribution in [-0.4, -0.2) is 22.9 Å². The molecule has 2 atom stereocenters. The lowest BCUT2D eigenvalue weighted by molar-refractivity contribution is -0.138. The summed E-state index contributed by atoms with van der Waals surface area (Å²) in [6.07, 6.45) is -7.62. The Labute approximate surface area is 114 Å². The second-order valence-corrected chi connectivity index (χ2v) is 4.52. The zero-order valence-corrected chi connectivity index (χ0v) is 10.9. The van der Waals surface area contributed by atoms with Crippen LogP contribution in [0, 0.1) is 0 Å². The van der Waals surface area contributed by atoms with Gasteiger partial charge in [0.15, 0.2) is 0 Å². The molecule has 0 amide bonds. The van der Waals surface area contributed by atoms with E-state index in [1.807, 2.05) is 0 Å². The molecule has 5 nitrogen and oxygen atoms in total. The average Bonchev–Trinajstić information content (AvgIpc) is 2.34. The second kappa shape index (κ2) is 6.25. The molecule has 1 aromatic rings. The molecule has 0 heterocycles. The van der Waals surface area contributed by atoms with Crippen molar-refractivity contribution in [1.82, 2.24) is 0 Å². The second-order valence-electron chi connectivity index (χ2n) is 3.66. The van der Waals surface area contributed by atoms with Gasteiger partial charge in [-0.25, -0.2) is 0 Å². The molecule has 0 aromatic heterocycles. The van der Waals surface area contributed by atoms with Crippen LogP contribution in [0.1, 0.15) is 17.2 Å². The van der Waals surface area contributed by atoms with Crippen LogP contribution in [-0.2, 0) is 6.18 Å². The Morgan fingerprint density at radius 3 is 2.53 bits per heavy atom. The van der Waals surface area contributed by atoms with E-state index in [-0.39, 0.29) is 10.0 Å². The highest BCUT2D eigenvalue weighted by molar-refractivity contribution is 9.10. The predicted octanol–water partition coefficient (Wildman–Crippen LogP) is 3.17. The topological polar surface area (TPSA) is 89.2 Å². The molecule has 2 unspecified atom stereocenters. The molecule has 0 saturated heterocycles. The quantitative estimate of drug-likeness (QED) is 0.501. The minimum atomic E-state index is -4.58. The van der Waals surface area contributed by atoms with Gasteiger partial charge >= 0.3 is 6.18 Å². The molecule has 0 fully saturated rings. The van der Waals surface area contributed by atoms with Gasteiger partial charge in [-0.3, -0.25) is 0 Å². The summed E-state index contributed by atoms with van der Waals surface area (Å²) in [6, 6.07) is 3.10. The van der Waals surface area contributed by atoms with E-state index < -0.39 is 30.5 Å². The van der Waals surface area contributed by atoms with E-state index in [4.69, 9.17) is 5.53 Å². The van der Waals surface area contributed by atoms with E-state index in [1.165, 1.54) is 6.07 Å². The van der Waals surface area contributed by atoms with Crippen LogP contribution in [0.4, 0.5) is 13.2 Å². The van der Waals surface area contributed by atoms with Crippen LogP contribution < -0.4 is 0 Å². The molecule has 0 bridgehead atoms. The first kappa shape index (κ1) is 15.8. The maximum absolute atomic E-state index is 12.7. The Morgan fingerprint density at radius 1 is 1.37 bits per heavy atom. The number of benzene rings is 1. The van der Waals surface area contributed by atoms with E-state index in [0.29, 0.717) is 0 Å². The van der Waals surface area contributed by atoms with Gasteiger partial charge in [0.25, 0.3) is 0 Å². The number of aliphatic hydroxyl groups excluding tert-OH is 2. The molecule has 104 valence electrons. The largest absolute Gasteiger partial charge is 0.417 e. The van der Waals surface area contributed by atoms with E-state index in [2.05, 4.69) is 26.0 Å². The molecule has 1 rings (SSSR count). The van der Waals surface area contributed by atoms with Crippen molar-refractivity contribution in [2.45, 2.75) is 18.4 Å². The first-order chi connectivity index (χ1) is 8.77. The molecule has 0 radical (unpaired) electrons. The van der Waals surface area contributed by atoms with Crippen molar-refractivity contribution >= 4 is 15.9 Å². The zero-order valence-electron chi connectivity index (χ0n) is 9.34. The molecule has 1 aromatic carbocycles. The predicted molar refractivity (Wildman–Crippen MR) is 64.1 cm³/mol. The van der Waals surface area contributed by atoms with Crippen molar-refractivity contribution in [3.05, 3.63) is 44.2 Å². The number of nitrogens with zero attached hydrogens (tertiary/aromatic N) is 3. The van der Waals surface area contributed by atoms with Crippen molar-refractivity contribution in [3.8, 4) is 0 Å². The standard InChI is InChI=1S/C10H9BrF3N3O2/c11-7-2-1-5(3-6(7)10(12,13)14)9(19)8(18)4-16-17-15/h1-3,8-9,18-19H,4H2. The van der Waals surface area contributed by atoms with Crippen molar-refractivity contribution in [1.29, 1.82) is 0 Å². The molecule has 9 heteroatoms. The van der Waals surface area contributed by atoms with Gasteiger partial charge in [-0.2, -0.15) is 13.2 Å². The van der Waals surface area contributed by atoms with Gasteiger partial charge in [0.05, 0.1) is 18.2 Å². The number of hydrogen-bond acceptors (Lipinski definition) is 3. The molecule has 0 aliphatic heterocycles. The van der Waals surface area contributed by atoms with Gasteiger partial charge in [0, 0.05) is 9.38 Å². The van der Waals surface area contributed by atoms with Crippen molar-refractivity contribution in [2.75, 3.05) is 6.54 Å². The highest BCUT2D eigenvalue weighted by atomic mass is 79.9. The Morgan fingerprint density at radius 2 is 2.00 bits per heavy atom. The number of halogens is 4. The Hall–Kier alpha value is -1.28. The SMILES string of the molecule is [N-]=[N+]=NCC(O)C(O)c1ccc(Br)c(C(F)(F)F)c1. The van der Waals surface area contributed by atoms with Crippen LogP contribution in [0.3, 0.4) is 0 Å². The molecule has 0 aliphatic rings. The Kier molecular flexibility index (Phi) is 5.19. The van der Waals surface area contributed by atoms with Gasteiger partial charge < -0.3 is 10.2 Å². The smallest absolute Gasteiger partial charge is 0.390 e. The van der Waals surface area contributed by atoms with Gasteiger partial charge in [-0.15, -0.1) is 0 Å². The van der Waals surface area contributed by atoms with Crippen LogP contribution in [0.15, 0.2) is 27.8 Å². The molecular formula is C10H9BrF3N3O2. The number of alkyl halides is 3. The summed E-state index contributed by atoms with van der Waals surface area (Å²) in [4.78, 5) is 2.39. The molecule has 0 aliphatic carbocycles. The monoisotopic (exact) mass is 339 g/mol. The summed E-state index contributed by atoms with van der Waals surface area (Å²) >= 11 is 2.76. The lowest BCUT2D eigenvalue weighted by Gasteiger charge is -2.18. The number of azide groups is 1. The van der Waals surface area contributed by atoms with Gasteiger partial charge in [0.2, 0.25) is 0 Å². The van der Waals surface area contributed by atoms with Gasteiger partial charge in [0.1, 0.15) is 6.10 Å².